The minimum absolute atomic E-state index is 0.0201. The zero-order chi connectivity index (χ0) is 17.9. The Morgan fingerprint density at radius 3 is 2.64 bits per heavy atom. The molecule has 1 aliphatic rings. The summed E-state index contributed by atoms with van der Waals surface area (Å²) >= 11 is 0. The SMILES string of the molecule is CC(C)(C)c1ccc([C@@H]2C[C@H]2C(=O)N/N=C/C=C/c2ccco2)cc1. The fraction of sp³-hybridized carbons (Fsp3) is 0.333. The van der Waals surface area contributed by atoms with E-state index in [1.807, 2.05) is 12.1 Å². The molecule has 130 valence electrons. The molecule has 0 saturated heterocycles. The number of rotatable bonds is 5. The summed E-state index contributed by atoms with van der Waals surface area (Å²) in [7, 11) is 0. The van der Waals surface area contributed by atoms with Crippen LogP contribution < -0.4 is 5.43 Å². The summed E-state index contributed by atoms with van der Waals surface area (Å²) in [6.45, 7) is 6.61. The van der Waals surface area contributed by atoms with Crippen molar-refractivity contribution in [1.29, 1.82) is 0 Å². The van der Waals surface area contributed by atoms with Gasteiger partial charge in [0.2, 0.25) is 5.91 Å². The molecule has 2 atom stereocenters. The summed E-state index contributed by atoms with van der Waals surface area (Å²) in [6, 6.07) is 12.3. The molecule has 1 aliphatic carbocycles. The summed E-state index contributed by atoms with van der Waals surface area (Å²) in [5.74, 6) is 1.06. The lowest BCUT2D eigenvalue weighted by atomic mass is 9.86. The molecule has 1 aromatic carbocycles. The van der Waals surface area contributed by atoms with Crippen molar-refractivity contribution < 1.29 is 9.21 Å². The number of allylic oxidation sites excluding steroid dienone is 1. The van der Waals surface area contributed by atoms with Gasteiger partial charge in [0.05, 0.1) is 6.26 Å². The molecule has 25 heavy (non-hydrogen) atoms. The van der Waals surface area contributed by atoms with E-state index in [0.717, 1.165) is 12.2 Å². The van der Waals surface area contributed by atoms with E-state index in [-0.39, 0.29) is 17.2 Å². The summed E-state index contributed by atoms with van der Waals surface area (Å²) < 4.78 is 5.17. The van der Waals surface area contributed by atoms with Gasteiger partial charge in [0.1, 0.15) is 5.76 Å². The van der Waals surface area contributed by atoms with Crippen LogP contribution in [-0.4, -0.2) is 12.1 Å². The number of benzene rings is 1. The Bertz CT molecular complexity index is 765. The molecule has 1 saturated carbocycles. The molecule has 1 aromatic heterocycles. The molecule has 1 N–H and O–H groups in total. The van der Waals surface area contributed by atoms with E-state index in [0.29, 0.717) is 5.92 Å². The Kier molecular flexibility index (Phi) is 4.88. The number of carbonyl (C=O) groups is 1. The highest BCUT2D eigenvalue weighted by Crippen LogP contribution is 2.47. The van der Waals surface area contributed by atoms with Crippen LogP contribution >= 0.6 is 0 Å². The second-order valence-electron chi connectivity index (χ2n) is 7.45. The number of hydrogen-bond donors (Lipinski definition) is 1. The van der Waals surface area contributed by atoms with Crippen LogP contribution in [0.25, 0.3) is 6.08 Å². The van der Waals surface area contributed by atoms with Gasteiger partial charge in [-0.2, -0.15) is 5.10 Å². The molecule has 0 bridgehead atoms. The molecule has 1 amide bonds. The third kappa shape index (κ3) is 4.47. The Balaban J connectivity index is 1.48. The van der Waals surface area contributed by atoms with Gasteiger partial charge < -0.3 is 4.42 Å². The summed E-state index contributed by atoms with van der Waals surface area (Å²) in [6.07, 6.45) is 7.56. The fourth-order valence-electron chi connectivity index (χ4n) is 2.83. The Labute approximate surface area is 148 Å². The lowest BCUT2D eigenvalue weighted by molar-refractivity contribution is -0.122. The third-order valence-electron chi connectivity index (χ3n) is 4.47. The van der Waals surface area contributed by atoms with Crippen LogP contribution in [-0.2, 0) is 10.2 Å². The molecule has 0 spiro atoms. The van der Waals surface area contributed by atoms with Crippen molar-refractivity contribution in [2.75, 3.05) is 0 Å². The molecule has 4 heteroatoms. The number of nitrogens with zero attached hydrogens (tertiary/aromatic N) is 1. The summed E-state index contributed by atoms with van der Waals surface area (Å²) in [5.41, 5.74) is 5.30. The van der Waals surface area contributed by atoms with Crippen LogP contribution in [0.2, 0.25) is 0 Å². The van der Waals surface area contributed by atoms with E-state index < -0.39 is 0 Å². The number of furan rings is 1. The molecule has 1 heterocycles. The van der Waals surface area contributed by atoms with Crippen molar-refractivity contribution in [2.45, 2.75) is 38.5 Å². The van der Waals surface area contributed by atoms with Crippen LogP contribution in [0.1, 0.15) is 50.0 Å². The van der Waals surface area contributed by atoms with Crippen LogP contribution in [0.3, 0.4) is 0 Å². The Morgan fingerprint density at radius 2 is 2.00 bits per heavy atom. The van der Waals surface area contributed by atoms with Gasteiger partial charge in [-0.1, -0.05) is 45.0 Å². The quantitative estimate of drug-likeness (QED) is 0.646. The fourth-order valence-corrected chi connectivity index (χ4v) is 2.83. The lowest BCUT2D eigenvalue weighted by Gasteiger charge is -2.19. The first-order chi connectivity index (χ1) is 11.9. The second kappa shape index (κ2) is 7.09. The number of nitrogens with one attached hydrogen (secondary N) is 1. The van der Waals surface area contributed by atoms with Gasteiger partial charge in [-0.25, -0.2) is 5.43 Å². The molecule has 3 rings (SSSR count). The van der Waals surface area contributed by atoms with E-state index in [9.17, 15) is 4.79 Å². The smallest absolute Gasteiger partial charge is 0.243 e. The second-order valence-corrected chi connectivity index (χ2v) is 7.45. The van der Waals surface area contributed by atoms with E-state index >= 15 is 0 Å². The zero-order valence-electron chi connectivity index (χ0n) is 14.9. The first-order valence-electron chi connectivity index (χ1n) is 8.58. The van der Waals surface area contributed by atoms with Crippen molar-refractivity contribution in [3.63, 3.8) is 0 Å². The standard InChI is InChI=1S/C21H24N2O2/c1-21(2,3)16-10-8-15(9-11-16)18-14-19(18)20(24)23-22-12-4-6-17-7-5-13-25-17/h4-13,18-19H,14H2,1-3H3,(H,23,24)/b6-4+,22-12+/t18-,19+/m0/s1. The highest BCUT2D eigenvalue weighted by Gasteiger charge is 2.43. The highest BCUT2D eigenvalue weighted by atomic mass is 16.3. The largest absolute Gasteiger partial charge is 0.465 e. The predicted molar refractivity (Wildman–Crippen MR) is 100 cm³/mol. The van der Waals surface area contributed by atoms with Gasteiger partial charge in [-0.3, -0.25) is 4.79 Å². The number of hydrazone groups is 1. The van der Waals surface area contributed by atoms with Crippen molar-refractivity contribution in [2.24, 2.45) is 11.0 Å². The van der Waals surface area contributed by atoms with Gasteiger partial charge in [-0.15, -0.1) is 0 Å². The van der Waals surface area contributed by atoms with Crippen LogP contribution in [0, 0.1) is 5.92 Å². The van der Waals surface area contributed by atoms with E-state index in [4.69, 9.17) is 4.42 Å². The first kappa shape index (κ1) is 17.2. The summed E-state index contributed by atoms with van der Waals surface area (Å²) in [4.78, 5) is 12.1. The number of hydrogen-bond acceptors (Lipinski definition) is 3. The van der Waals surface area contributed by atoms with E-state index in [2.05, 4.69) is 55.6 Å². The van der Waals surface area contributed by atoms with Crippen molar-refractivity contribution in [1.82, 2.24) is 5.43 Å². The van der Waals surface area contributed by atoms with Crippen molar-refractivity contribution in [3.8, 4) is 0 Å². The number of carbonyl (C=O) groups excluding carboxylic acids is 1. The Morgan fingerprint density at radius 1 is 1.24 bits per heavy atom. The lowest BCUT2D eigenvalue weighted by Crippen LogP contribution is -2.19. The van der Waals surface area contributed by atoms with Gasteiger partial charge in [0.15, 0.2) is 0 Å². The molecule has 0 aliphatic heterocycles. The minimum Gasteiger partial charge on any atom is -0.465 e. The predicted octanol–water partition coefficient (Wildman–Crippen LogP) is 4.50. The molecule has 0 unspecified atom stereocenters. The van der Waals surface area contributed by atoms with E-state index in [1.165, 1.54) is 11.1 Å². The van der Waals surface area contributed by atoms with Crippen molar-refractivity contribution >= 4 is 18.2 Å². The molecule has 4 nitrogen and oxygen atoms in total. The highest BCUT2D eigenvalue weighted by molar-refractivity contribution is 5.84. The Hall–Kier alpha value is -2.62. The molecular weight excluding hydrogens is 312 g/mol. The van der Waals surface area contributed by atoms with Crippen LogP contribution in [0.5, 0.6) is 0 Å². The maximum absolute atomic E-state index is 12.1. The molecule has 2 aromatic rings. The van der Waals surface area contributed by atoms with Gasteiger partial charge in [0.25, 0.3) is 0 Å². The van der Waals surface area contributed by atoms with Gasteiger partial charge in [-0.05, 0) is 53.2 Å². The van der Waals surface area contributed by atoms with Gasteiger partial charge in [0, 0.05) is 12.1 Å². The zero-order valence-corrected chi connectivity index (χ0v) is 14.9. The van der Waals surface area contributed by atoms with Crippen LogP contribution in [0.4, 0.5) is 0 Å². The summed E-state index contributed by atoms with van der Waals surface area (Å²) in [5, 5.41) is 3.95. The normalized spacial score (nSPS) is 20.3. The molecule has 1 fully saturated rings. The average Bonchev–Trinajstić information content (AvgIpc) is 3.22. The monoisotopic (exact) mass is 336 g/mol. The molecule has 0 radical (unpaired) electrons. The average molecular weight is 336 g/mol. The maximum Gasteiger partial charge on any atom is 0.243 e. The third-order valence-corrected chi connectivity index (χ3v) is 4.47. The van der Waals surface area contributed by atoms with Crippen LogP contribution in [0.15, 0.2) is 58.3 Å². The van der Waals surface area contributed by atoms with Gasteiger partial charge >= 0.3 is 0 Å². The molecular formula is C21H24N2O2. The first-order valence-corrected chi connectivity index (χ1v) is 8.58. The topological polar surface area (TPSA) is 54.6 Å². The number of amides is 1. The maximum atomic E-state index is 12.1. The van der Waals surface area contributed by atoms with E-state index in [1.54, 1.807) is 24.6 Å². The van der Waals surface area contributed by atoms with Crippen molar-refractivity contribution in [3.05, 3.63) is 65.6 Å². The minimum atomic E-state index is -0.0208.